The highest BCUT2D eigenvalue weighted by Gasteiger charge is 2.32. The molecule has 0 atom stereocenters. The second-order valence-corrected chi connectivity index (χ2v) is 9.44. The number of allylic oxidation sites excluding steroid dienone is 1. The lowest BCUT2D eigenvalue weighted by Gasteiger charge is -2.06. The quantitative estimate of drug-likeness (QED) is 0.298. The van der Waals surface area contributed by atoms with Crippen molar-refractivity contribution in [2.45, 2.75) is 13.1 Å². The van der Waals surface area contributed by atoms with Gasteiger partial charge < -0.3 is 9.88 Å². The second kappa shape index (κ2) is 8.33. The molecule has 0 fully saturated rings. The third kappa shape index (κ3) is 3.74. The molecule has 5 rings (SSSR count). The maximum absolute atomic E-state index is 12.8. The first kappa shape index (κ1) is 20.6. The Morgan fingerprint density at radius 3 is 2.47 bits per heavy atom. The lowest BCUT2D eigenvalue weighted by Crippen LogP contribution is -2.26. The van der Waals surface area contributed by atoms with Crippen LogP contribution in [0.25, 0.3) is 17.0 Å². The van der Waals surface area contributed by atoms with E-state index in [-0.39, 0.29) is 29.6 Å². The molecule has 1 N–H and O–H groups in total. The molecule has 2 aromatic heterocycles. The molecule has 0 bridgehead atoms. The van der Waals surface area contributed by atoms with Gasteiger partial charge in [-0.05, 0) is 35.7 Å². The summed E-state index contributed by atoms with van der Waals surface area (Å²) in [6, 6.07) is 16.5. The Morgan fingerprint density at radius 1 is 1.03 bits per heavy atom. The molecule has 0 saturated heterocycles. The molecule has 2 aromatic carbocycles. The van der Waals surface area contributed by atoms with Gasteiger partial charge >= 0.3 is 0 Å². The highest BCUT2D eigenvalue weighted by Crippen LogP contribution is 2.31. The van der Waals surface area contributed by atoms with Crippen LogP contribution in [-0.2, 0) is 17.9 Å². The zero-order valence-electron chi connectivity index (χ0n) is 16.8. The minimum Gasteiger partial charge on any atom is -0.350 e. The molecule has 1 aliphatic rings. The Labute approximate surface area is 196 Å². The van der Waals surface area contributed by atoms with E-state index in [1.807, 2.05) is 46.5 Å². The number of benzene rings is 2. The van der Waals surface area contributed by atoms with Crippen LogP contribution in [0.2, 0.25) is 0 Å². The van der Waals surface area contributed by atoms with E-state index in [4.69, 9.17) is 0 Å². The Morgan fingerprint density at radius 2 is 1.78 bits per heavy atom. The molecule has 0 unspecified atom stereocenters. The Hall–Kier alpha value is -3.29. The molecule has 0 radical (unpaired) electrons. The summed E-state index contributed by atoms with van der Waals surface area (Å²) in [7, 11) is 0. The van der Waals surface area contributed by atoms with Crippen molar-refractivity contribution in [1.29, 1.82) is 0 Å². The van der Waals surface area contributed by atoms with E-state index in [9.17, 15) is 14.4 Å². The number of nitrogens with zero attached hydrogens (tertiary/aromatic N) is 1. The van der Waals surface area contributed by atoms with Crippen LogP contribution in [0.15, 0.2) is 76.2 Å². The van der Waals surface area contributed by atoms with Crippen LogP contribution < -0.4 is 5.32 Å². The number of nitrogens with one attached hydrogen (secondary N) is 1. The predicted molar refractivity (Wildman–Crippen MR) is 129 cm³/mol. The molecule has 0 spiro atoms. The van der Waals surface area contributed by atoms with Gasteiger partial charge in [-0.3, -0.25) is 14.4 Å². The van der Waals surface area contributed by atoms with Crippen LogP contribution >= 0.6 is 27.3 Å². The van der Waals surface area contributed by atoms with Gasteiger partial charge in [0.25, 0.3) is 0 Å². The number of carbonyl (C=O) groups is 3. The molecule has 0 aliphatic heterocycles. The topological polar surface area (TPSA) is 68.2 Å². The number of carbonyl (C=O) groups excluding carboxylic acids is 3. The lowest BCUT2D eigenvalue weighted by atomic mass is 10.1. The van der Waals surface area contributed by atoms with E-state index in [0.717, 1.165) is 25.8 Å². The van der Waals surface area contributed by atoms with Crippen LogP contribution in [0.4, 0.5) is 0 Å². The summed E-state index contributed by atoms with van der Waals surface area (Å²) in [5.41, 5.74) is 2.58. The van der Waals surface area contributed by atoms with Crippen LogP contribution in [-0.4, -0.2) is 22.0 Å². The summed E-state index contributed by atoms with van der Waals surface area (Å²) in [6.45, 7) is 0.619. The van der Waals surface area contributed by atoms with E-state index < -0.39 is 0 Å². The summed E-state index contributed by atoms with van der Waals surface area (Å²) in [4.78, 5) is 39.3. The van der Waals surface area contributed by atoms with Gasteiger partial charge in [-0.2, -0.15) is 0 Å². The van der Waals surface area contributed by atoms with Crippen molar-refractivity contribution < 1.29 is 14.4 Å². The summed E-state index contributed by atoms with van der Waals surface area (Å²) in [5.74, 6) is -0.650. The van der Waals surface area contributed by atoms with Gasteiger partial charge in [-0.1, -0.05) is 46.3 Å². The molecule has 7 heteroatoms. The number of aromatic nitrogens is 1. The van der Waals surface area contributed by atoms with Gasteiger partial charge in [0.2, 0.25) is 5.91 Å². The summed E-state index contributed by atoms with van der Waals surface area (Å²) in [5, 5.41) is 5.77. The number of rotatable bonds is 5. The molecule has 1 amide bonds. The number of thiophene rings is 1. The Kier molecular flexibility index (Phi) is 5.36. The minimum atomic E-state index is -0.268. The van der Waals surface area contributed by atoms with Crippen LogP contribution in [0.3, 0.4) is 0 Å². The number of hydrogen-bond acceptors (Lipinski definition) is 4. The first-order chi connectivity index (χ1) is 15.5. The highest BCUT2D eigenvalue weighted by atomic mass is 79.9. The molecule has 1 aliphatic carbocycles. The normalized spacial score (nSPS) is 13.0. The average Bonchev–Trinajstić information content (AvgIpc) is 3.48. The smallest absolute Gasteiger partial charge is 0.240 e. The monoisotopic (exact) mass is 504 g/mol. The van der Waals surface area contributed by atoms with E-state index in [1.54, 1.807) is 41.7 Å². The molecule has 5 nitrogen and oxygen atoms in total. The van der Waals surface area contributed by atoms with Crippen molar-refractivity contribution in [3.63, 3.8) is 0 Å². The fourth-order valence-corrected chi connectivity index (χ4v) is 4.92. The summed E-state index contributed by atoms with van der Waals surface area (Å²) >= 11 is 5.09. The fourth-order valence-electron chi connectivity index (χ4n) is 3.91. The number of Topliss-reactive ketones (excluding diaryl/α,β-unsaturated/α-hetero) is 2. The Bertz CT molecular complexity index is 1380. The van der Waals surface area contributed by atoms with E-state index in [0.29, 0.717) is 17.7 Å². The SMILES string of the molecule is O=C(Cn1cc(C=C2C(=O)c3ccccc3C2=O)c2cc(Br)ccc21)NCc1cccs1. The standard InChI is InChI=1S/C25H17BrN2O3S/c26-16-7-8-22-20(11-16)15(10-21-24(30)18-5-1-2-6-19(18)25(21)31)13-28(22)14-23(29)27-12-17-4-3-9-32-17/h1-11,13H,12,14H2,(H,27,29). The molecular weight excluding hydrogens is 488 g/mol. The molecule has 0 saturated carbocycles. The molecule has 158 valence electrons. The number of hydrogen-bond donors (Lipinski definition) is 1. The maximum Gasteiger partial charge on any atom is 0.240 e. The minimum absolute atomic E-state index is 0.113. The van der Waals surface area contributed by atoms with Crippen molar-refractivity contribution in [2.24, 2.45) is 0 Å². The fraction of sp³-hybridized carbons (Fsp3) is 0.0800. The van der Waals surface area contributed by atoms with E-state index in [2.05, 4.69) is 21.2 Å². The predicted octanol–water partition coefficient (Wildman–Crippen LogP) is 5.24. The number of fused-ring (bicyclic) bond motifs is 2. The van der Waals surface area contributed by atoms with Crippen molar-refractivity contribution in [1.82, 2.24) is 9.88 Å². The van der Waals surface area contributed by atoms with Crippen molar-refractivity contribution >= 4 is 61.7 Å². The first-order valence-corrected chi connectivity index (χ1v) is 11.7. The van der Waals surface area contributed by atoms with E-state index >= 15 is 0 Å². The van der Waals surface area contributed by atoms with Gasteiger partial charge in [0.15, 0.2) is 11.6 Å². The van der Waals surface area contributed by atoms with Gasteiger partial charge in [0.1, 0.15) is 6.54 Å². The van der Waals surface area contributed by atoms with Crippen LogP contribution in [0, 0.1) is 0 Å². The number of halogens is 1. The number of ketones is 2. The van der Waals surface area contributed by atoms with Gasteiger partial charge in [0, 0.05) is 43.1 Å². The van der Waals surface area contributed by atoms with E-state index in [1.165, 1.54) is 0 Å². The van der Waals surface area contributed by atoms with Gasteiger partial charge in [-0.15, -0.1) is 11.3 Å². The zero-order valence-corrected chi connectivity index (χ0v) is 19.2. The van der Waals surface area contributed by atoms with Crippen LogP contribution in [0.5, 0.6) is 0 Å². The summed E-state index contributed by atoms with van der Waals surface area (Å²) < 4.78 is 2.71. The molecule has 32 heavy (non-hydrogen) atoms. The van der Waals surface area contributed by atoms with Gasteiger partial charge in [-0.25, -0.2) is 0 Å². The van der Waals surface area contributed by atoms with Crippen molar-refractivity contribution in [2.75, 3.05) is 0 Å². The lowest BCUT2D eigenvalue weighted by molar-refractivity contribution is -0.121. The maximum atomic E-state index is 12.8. The second-order valence-electron chi connectivity index (χ2n) is 7.49. The largest absolute Gasteiger partial charge is 0.350 e. The first-order valence-electron chi connectivity index (χ1n) is 9.99. The molecular formula is C25H17BrN2O3S. The zero-order chi connectivity index (χ0) is 22.2. The van der Waals surface area contributed by atoms with Crippen molar-refractivity contribution in [3.8, 4) is 0 Å². The molecule has 4 aromatic rings. The summed E-state index contributed by atoms with van der Waals surface area (Å²) in [6.07, 6.45) is 3.46. The third-order valence-corrected chi connectivity index (χ3v) is 6.80. The highest BCUT2D eigenvalue weighted by molar-refractivity contribution is 9.10. The number of amides is 1. The Balaban J connectivity index is 1.49. The average molecular weight is 505 g/mol. The van der Waals surface area contributed by atoms with Gasteiger partial charge in [0.05, 0.1) is 12.1 Å². The van der Waals surface area contributed by atoms with Crippen LogP contribution in [0.1, 0.15) is 31.2 Å². The molecule has 2 heterocycles. The third-order valence-electron chi connectivity index (χ3n) is 5.43. The van der Waals surface area contributed by atoms with Crippen molar-refractivity contribution in [3.05, 3.63) is 97.8 Å².